The number of amides is 3. The van der Waals surface area contributed by atoms with Gasteiger partial charge in [0.05, 0.1) is 58.3 Å². The molecule has 426 valence electrons. The van der Waals surface area contributed by atoms with Gasteiger partial charge in [0.1, 0.15) is 45.6 Å². The predicted molar refractivity (Wildman–Crippen MR) is 315 cm³/mol. The van der Waals surface area contributed by atoms with Gasteiger partial charge in [-0.3, -0.25) is 24.0 Å². The van der Waals surface area contributed by atoms with Crippen molar-refractivity contribution in [1.82, 2.24) is 34.4 Å². The number of rotatable bonds is 15. The van der Waals surface area contributed by atoms with E-state index < -0.39 is 71.1 Å². The third-order valence-corrected chi connectivity index (χ3v) is 23.2. The minimum Gasteiger partial charge on any atom is -0.489 e. The maximum Gasteiger partial charge on any atom is 0.363 e. The lowest BCUT2D eigenvalue weighted by molar-refractivity contribution is -0.154. The second kappa shape index (κ2) is 20.0. The third kappa shape index (κ3) is 8.44. The fourth-order valence-electron chi connectivity index (χ4n) is 13.0. The van der Waals surface area contributed by atoms with E-state index in [1.165, 1.54) is 58.2 Å². The van der Waals surface area contributed by atoms with Crippen LogP contribution in [-0.2, 0) is 65.0 Å². The van der Waals surface area contributed by atoms with Crippen molar-refractivity contribution in [1.29, 1.82) is 0 Å². The Balaban J connectivity index is 0.692. The van der Waals surface area contributed by atoms with E-state index in [0.717, 1.165) is 74.8 Å². The van der Waals surface area contributed by atoms with Crippen molar-refractivity contribution >= 4 is 100 Å². The zero-order chi connectivity index (χ0) is 58.0. The molecule has 6 aliphatic rings. The number of hydrogen-bond donors (Lipinski definition) is 2. The maximum atomic E-state index is 15.0. The van der Waals surface area contributed by atoms with Crippen LogP contribution in [0.5, 0.6) is 5.75 Å². The van der Waals surface area contributed by atoms with Crippen molar-refractivity contribution in [3.63, 3.8) is 0 Å². The number of aliphatic carboxylic acids is 1. The first-order valence-corrected chi connectivity index (χ1v) is 31.4. The smallest absolute Gasteiger partial charge is 0.363 e. The largest absolute Gasteiger partial charge is 0.489 e. The summed E-state index contributed by atoms with van der Waals surface area (Å²) in [6.07, 6.45) is 4.36. The topological polar surface area (TPSA) is 236 Å². The molecule has 3 amide bonds. The molecule has 20 nitrogen and oxygen atoms in total. The summed E-state index contributed by atoms with van der Waals surface area (Å²) in [5.74, 6) is -2.99. The number of nitrogens with one attached hydrogen (secondary N) is 1. The Bertz CT molecular complexity index is 4260. The number of carbonyl (C=O) groups is 4. The highest BCUT2D eigenvalue weighted by molar-refractivity contribution is 8.00. The van der Waals surface area contributed by atoms with Crippen LogP contribution in [-0.4, -0.2) is 135 Å². The number of β-lactam (4-membered cyclic amide) rings is 2. The third-order valence-electron chi connectivity index (χ3n) is 17.2. The minimum absolute atomic E-state index is 0.00242. The van der Waals surface area contributed by atoms with Gasteiger partial charge in [-0.05, 0) is 91.1 Å². The zero-order valence-electron chi connectivity index (χ0n) is 45.4. The number of carboxylic acids is 1. The number of thioether (sulfide) groups is 1. The number of para-hydroxylation sites is 2. The highest BCUT2D eigenvalue weighted by Crippen LogP contribution is 2.49. The number of sulfone groups is 1. The monoisotopic (exact) mass is 1180 g/mol. The second-order valence-corrected chi connectivity index (χ2v) is 27.7. The molecule has 8 aromatic rings. The van der Waals surface area contributed by atoms with Crippen molar-refractivity contribution in [2.24, 2.45) is 0 Å². The highest BCUT2D eigenvalue weighted by Gasteiger charge is 2.70. The van der Waals surface area contributed by atoms with E-state index in [4.69, 9.17) is 9.15 Å². The molecule has 0 aliphatic carbocycles. The van der Waals surface area contributed by atoms with E-state index in [0.29, 0.717) is 33.6 Å². The molecule has 3 saturated heterocycles. The lowest BCUT2D eigenvalue weighted by atomic mass is 9.94. The van der Waals surface area contributed by atoms with E-state index >= 15 is 0 Å². The highest BCUT2D eigenvalue weighted by atomic mass is 32.2. The molecule has 3 fully saturated rings. The molecule has 8 heterocycles. The molecule has 1 unspecified atom stereocenters. The number of benzene rings is 6. The van der Waals surface area contributed by atoms with Crippen LogP contribution in [0.3, 0.4) is 0 Å². The first kappa shape index (κ1) is 53.4. The normalized spacial score (nSPS) is 22.2. The van der Waals surface area contributed by atoms with Gasteiger partial charge >= 0.3 is 17.1 Å². The number of aromatic nitrogens is 3. The SMILES string of the molecule is CN(Cc1ccc(OCC2=C(C(=O)O)N3C(=O)[C@@H](NC(=O)[C@@H]4N5C(=O)C[C@H]5S(=O)(=O)[C@]4(C)Cn4ccnn4)C3SC2)cc1)S(=O)(=O)c1ccccc1-c1c2ccc(N3CCc4ccccc43)cc2[o+]c2cc(N3CCc4ccccc43)ccc12. The van der Waals surface area contributed by atoms with Gasteiger partial charge in [-0.25, -0.2) is 26.0 Å². The Morgan fingerprint density at radius 1 is 0.857 bits per heavy atom. The van der Waals surface area contributed by atoms with Crippen molar-refractivity contribution in [2.45, 2.75) is 71.7 Å². The summed E-state index contributed by atoms with van der Waals surface area (Å²) in [6.45, 7) is 2.51. The van der Waals surface area contributed by atoms with Crippen molar-refractivity contribution in [3.05, 3.63) is 174 Å². The number of sulfonamides is 1. The number of anilines is 4. The number of carbonyl (C=O) groups excluding carboxylic acids is 3. The molecule has 6 aliphatic heterocycles. The van der Waals surface area contributed by atoms with Gasteiger partial charge in [0.2, 0.25) is 21.8 Å². The molecule has 2 N–H and O–H groups in total. The minimum atomic E-state index is -4.17. The number of carboxylic acid groups (broad SMARTS) is 1. The van der Waals surface area contributed by atoms with E-state index in [-0.39, 0.29) is 42.5 Å². The summed E-state index contributed by atoms with van der Waals surface area (Å²) in [4.78, 5) is 60.3. The fraction of sp³-hybridized carbons (Fsp3) is 0.262. The van der Waals surface area contributed by atoms with E-state index in [2.05, 4.69) is 74.0 Å². The maximum absolute atomic E-state index is 15.0. The molecular weight excluding hydrogens is 1130 g/mol. The molecule has 0 radical (unpaired) electrons. The van der Waals surface area contributed by atoms with Crippen LogP contribution in [0.2, 0.25) is 0 Å². The number of fused-ring (bicyclic) bond motifs is 6. The molecule has 0 spiro atoms. The summed E-state index contributed by atoms with van der Waals surface area (Å²) >= 11 is 1.21. The van der Waals surface area contributed by atoms with Crippen LogP contribution in [0.4, 0.5) is 22.7 Å². The van der Waals surface area contributed by atoms with E-state index in [1.54, 1.807) is 36.4 Å². The molecule has 0 bridgehead atoms. The fourth-order valence-corrected chi connectivity index (χ4v) is 18.0. The molecule has 5 atom stereocenters. The van der Waals surface area contributed by atoms with Crippen molar-refractivity contribution < 1.29 is 50.3 Å². The first-order valence-electron chi connectivity index (χ1n) is 27.4. The standard InChI is InChI=1S/C61H53N9O11S3/c1-61(35-66-28-25-62-64-66)56(69-51(71)31-52(69)83(61,76)77)57(72)63-54-58(73)70-55(60(74)75)39(34-82-59(54)70)33-80-42-19-15-36(16-20-42)32-65(2)84(78,79)50-14-8-5-11-45(50)53-43-21-17-40(67-26-23-37-9-3-6-12-46(37)67)29-48(43)81-49-30-41(18-22-44(49)53)68-27-24-38-10-4-7-13-47(38)68/h3-22,25,28-30,52,54,56,59H,23-24,26-27,31-35H2,1-2H3,(H-,63,72,74,75)/p+1/t52-,54-,56+,59?,61-/m1/s1. The van der Waals surface area contributed by atoms with E-state index in [9.17, 15) is 41.1 Å². The van der Waals surface area contributed by atoms with Crippen LogP contribution >= 0.6 is 11.8 Å². The van der Waals surface area contributed by atoms with Gasteiger partial charge < -0.3 is 29.9 Å². The average Bonchev–Trinajstić information content (AvgIpc) is 1.54. The number of ether oxygens (including phenoxy) is 1. The van der Waals surface area contributed by atoms with E-state index in [1.807, 2.05) is 48.5 Å². The van der Waals surface area contributed by atoms with Crippen LogP contribution in [0.1, 0.15) is 30.0 Å². The Hall–Kier alpha value is -8.64. The summed E-state index contributed by atoms with van der Waals surface area (Å²) < 4.78 is 71.3. The molecule has 0 saturated carbocycles. The van der Waals surface area contributed by atoms with Gasteiger partial charge in [-0.1, -0.05) is 71.9 Å². The van der Waals surface area contributed by atoms with Gasteiger partial charge in [0, 0.05) is 66.7 Å². The van der Waals surface area contributed by atoms with Gasteiger partial charge in [-0.2, -0.15) is 4.31 Å². The molecule has 2 aromatic heterocycles. The second-order valence-electron chi connectivity index (χ2n) is 22.1. The lowest BCUT2D eigenvalue weighted by Gasteiger charge is -2.50. The Morgan fingerprint density at radius 3 is 2.11 bits per heavy atom. The number of hydrogen-bond acceptors (Lipinski definition) is 14. The van der Waals surface area contributed by atoms with Crippen molar-refractivity contribution in [3.8, 4) is 16.9 Å². The van der Waals surface area contributed by atoms with Crippen LogP contribution < -0.4 is 19.9 Å². The summed E-state index contributed by atoms with van der Waals surface area (Å²) in [7, 11) is -6.72. The van der Waals surface area contributed by atoms with Crippen LogP contribution in [0, 0.1) is 0 Å². The molecule has 84 heavy (non-hydrogen) atoms. The first-order chi connectivity index (χ1) is 40.5. The van der Waals surface area contributed by atoms with Crippen LogP contribution in [0.15, 0.2) is 166 Å². The zero-order valence-corrected chi connectivity index (χ0v) is 47.8. The summed E-state index contributed by atoms with van der Waals surface area (Å²) in [6, 6.07) is 40.2. The molecule has 6 aromatic carbocycles. The van der Waals surface area contributed by atoms with Gasteiger partial charge in [0.15, 0.2) is 9.84 Å². The molecular formula is C61H54N9O11S3+. The summed E-state index contributed by atoms with van der Waals surface area (Å²) in [5, 5.41) is 20.2. The van der Waals surface area contributed by atoms with Crippen molar-refractivity contribution in [2.75, 3.05) is 42.3 Å². The van der Waals surface area contributed by atoms with Gasteiger partial charge in [-0.15, -0.1) is 16.9 Å². The van der Waals surface area contributed by atoms with Gasteiger partial charge in [0.25, 0.3) is 5.91 Å². The average molecular weight is 1190 g/mol. The number of nitrogens with zero attached hydrogens (tertiary/aromatic N) is 8. The Morgan fingerprint density at radius 2 is 1.49 bits per heavy atom. The lowest BCUT2D eigenvalue weighted by Crippen LogP contribution is -2.73. The Kier molecular flexibility index (Phi) is 12.7. The quantitative estimate of drug-likeness (QED) is 0.0583. The van der Waals surface area contributed by atoms with Crippen LogP contribution in [0.25, 0.3) is 33.1 Å². The molecule has 23 heteroatoms. The Labute approximate surface area is 486 Å². The molecule has 14 rings (SSSR count). The summed E-state index contributed by atoms with van der Waals surface area (Å²) in [5.41, 5.74) is 9.90. The predicted octanol–water partition coefficient (Wildman–Crippen LogP) is 7.27.